The lowest BCUT2D eigenvalue weighted by Crippen LogP contribution is -2.60. The zero-order valence-corrected chi connectivity index (χ0v) is 28.9. The summed E-state index contributed by atoms with van der Waals surface area (Å²) in [6.45, 7) is -0.0597. The molecule has 2 N–H and O–H groups in total. The number of alkyl halides is 5. The summed E-state index contributed by atoms with van der Waals surface area (Å²) in [5, 5.41) is 0.364. The van der Waals surface area contributed by atoms with Gasteiger partial charge in [0, 0.05) is 29.7 Å². The third-order valence-electron chi connectivity index (χ3n) is 9.04. The molecule has 1 atom stereocenters. The van der Waals surface area contributed by atoms with Crippen LogP contribution in [0.2, 0.25) is 5.02 Å². The SMILES string of the molecule is NC1CCN(C(=O)[C@H](N(OC(=O)C(F)(F)F)S(=O)(=O)c2ccc(OCC3CCCCC3)cc2)C(F)(F)c2cccc(-c3ccc(Cl)cc3)c2)CC1. The molecule has 2 fully saturated rings. The minimum Gasteiger partial charge on any atom is -0.493 e. The second kappa shape index (κ2) is 15.8. The van der Waals surface area contributed by atoms with Crippen molar-refractivity contribution >= 4 is 33.5 Å². The minimum atomic E-state index is -5.82. The number of rotatable bonds is 11. The third kappa shape index (κ3) is 9.18. The number of carbonyl (C=O) groups excluding carboxylic acids is 2. The smallest absolute Gasteiger partial charge is 0.492 e. The number of amides is 1. The maximum Gasteiger partial charge on any atom is 0.492 e. The van der Waals surface area contributed by atoms with Crippen LogP contribution >= 0.6 is 11.6 Å². The number of hydrogen-bond donors (Lipinski definition) is 1. The molecule has 1 saturated heterocycles. The number of benzene rings is 3. The molecule has 2 aliphatic rings. The van der Waals surface area contributed by atoms with Crippen LogP contribution < -0.4 is 10.5 Å². The Balaban J connectivity index is 1.57. The third-order valence-corrected chi connectivity index (χ3v) is 10.9. The van der Waals surface area contributed by atoms with Crippen LogP contribution in [0.3, 0.4) is 0 Å². The summed E-state index contributed by atoms with van der Waals surface area (Å²) in [5.41, 5.74) is 5.61. The largest absolute Gasteiger partial charge is 0.493 e. The summed E-state index contributed by atoms with van der Waals surface area (Å²) < 4.78 is 108. The van der Waals surface area contributed by atoms with E-state index in [1.54, 1.807) is 0 Å². The van der Waals surface area contributed by atoms with E-state index in [4.69, 9.17) is 22.1 Å². The van der Waals surface area contributed by atoms with Crippen LogP contribution in [0.25, 0.3) is 11.1 Å². The Bertz CT molecular complexity index is 1780. The highest BCUT2D eigenvalue weighted by atomic mass is 35.5. The number of halogens is 6. The van der Waals surface area contributed by atoms with E-state index in [1.807, 2.05) is 0 Å². The van der Waals surface area contributed by atoms with Gasteiger partial charge in [-0.2, -0.15) is 22.0 Å². The van der Waals surface area contributed by atoms with Crippen LogP contribution in [-0.2, 0) is 30.4 Å². The lowest BCUT2D eigenvalue weighted by molar-refractivity contribution is -0.239. The lowest BCUT2D eigenvalue weighted by Gasteiger charge is -2.38. The highest BCUT2D eigenvalue weighted by molar-refractivity contribution is 7.89. The van der Waals surface area contributed by atoms with Crippen molar-refractivity contribution in [3.8, 4) is 16.9 Å². The summed E-state index contributed by atoms with van der Waals surface area (Å²) in [6.07, 6.45) is -0.376. The van der Waals surface area contributed by atoms with E-state index >= 15 is 8.78 Å². The number of hydroxylamine groups is 1. The van der Waals surface area contributed by atoms with Gasteiger partial charge in [-0.05, 0) is 89.7 Å². The topological polar surface area (TPSA) is 119 Å². The van der Waals surface area contributed by atoms with Crippen molar-refractivity contribution < 1.29 is 49.5 Å². The predicted molar refractivity (Wildman–Crippen MR) is 178 cm³/mol. The normalized spacial score (nSPS) is 17.3. The van der Waals surface area contributed by atoms with Gasteiger partial charge < -0.3 is 20.2 Å². The van der Waals surface area contributed by atoms with E-state index in [9.17, 15) is 31.2 Å². The lowest BCUT2D eigenvalue weighted by atomic mass is 9.90. The Kier molecular flexibility index (Phi) is 11.9. The molecule has 0 aromatic heterocycles. The highest BCUT2D eigenvalue weighted by Crippen LogP contribution is 2.41. The van der Waals surface area contributed by atoms with Crippen LogP contribution in [0.1, 0.15) is 50.5 Å². The zero-order chi connectivity index (χ0) is 37.0. The Labute approximate surface area is 297 Å². The maximum atomic E-state index is 17.0. The van der Waals surface area contributed by atoms with Crippen LogP contribution in [0.15, 0.2) is 77.7 Å². The van der Waals surface area contributed by atoms with Crippen LogP contribution in [0.5, 0.6) is 5.75 Å². The number of likely N-dealkylation sites (tertiary alicyclic amines) is 1. The van der Waals surface area contributed by atoms with Crippen LogP contribution in [-0.4, -0.2) is 67.6 Å². The fourth-order valence-corrected chi connectivity index (χ4v) is 7.61. The van der Waals surface area contributed by atoms with Gasteiger partial charge in [0.05, 0.1) is 11.5 Å². The fraction of sp³-hybridized carbons (Fsp3) is 0.429. The van der Waals surface area contributed by atoms with Gasteiger partial charge in [-0.3, -0.25) is 4.79 Å². The van der Waals surface area contributed by atoms with Gasteiger partial charge in [-0.25, -0.2) is 13.2 Å². The van der Waals surface area contributed by atoms with Crippen LogP contribution in [0, 0.1) is 5.92 Å². The van der Waals surface area contributed by atoms with Gasteiger partial charge in [-0.1, -0.05) is 61.2 Å². The Hall–Kier alpha value is -3.79. The first-order chi connectivity index (χ1) is 24.1. The predicted octanol–water partition coefficient (Wildman–Crippen LogP) is 7.09. The molecule has 1 aliphatic heterocycles. The molecule has 1 amide bonds. The molecule has 1 saturated carbocycles. The second-order valence-electron chi connectivity index (χ2n) is 12.7. The highest BCUT2D eigenvalue weighted by Gasteiger charge is 2.58. The molecule has 1 heterocycles. The molecule has 51 heavy (non-hydrogen) atoms. The standard InChI is InChI=1S/C35H37ClF5N3O6S/c36-27-11-9-24(10-12-27)25-7-4-8-26(21-25)34(37,38)31(32(45)43-19-17-28(42)18-20-43)44(50-33(46)35(39,40)41)51(47,48)30-15-13-29(14-16-30)49-22-23-5-2-1-3-6-23/h4,7-16,21,23,28,31H,1-3,5-6,17-20,22,42H2/t31-/m0/s1. The molecule has 3 aromatic rings. The van der Waals surface area contributed by atoms with Crippen molar-refractivity contribution in [3.05, 3.63) is 83.4 Å². The van der Waals surface area contributed by atoms with Crippen molar-refractivity contribution in [2.24, 2.45) is 11.7 Å². The first-order valence-corrected chi connectivity index (χ1v) is 18.2. The zero-order valence-electron chi connectivity index (χ0n) is 27.3. The summed E-state index contributed by atoms with van der Waals surface area (Å²) >= 11 is 5.96. The van der Waals surface area contributed by atoms with Gasteiger partial charge in [0.15, 0.2) is 0 Å². The van der Waals surface area contributed by atoms with E-state index in [-0.39, 0.29) is 43.2 Å². The Morgan fingerprint density at radius 2 is 1.51 bits per heavy atom. The van der Waals surface area contributed by atoms with E-state index in [0.29, 0.717) is 17.2 Å². The monoisotopic (exact) mass is 757 g/mol. The molecular weight excluding hydrogens is 721 g/mol. The number of nitrogens with zero attached hydrogens (tertiary/aromatic N) is 2. The average Bonchev–Trinajstić information content (AvgIpc) is 3.11. The Morgan fingerprint density at radius 3 is 2.12 bits per heavy atom. The molecule has 276 valence electrons. The maximum absolute atomic E-state index is 17.0. The summed E-state index contributed by atoms with van der Waals surface area (Å²) in [7, 11) is -5.59. The quantitative estimate of drug-likeness (QED) is 0.164. The second-order valence-corrected chi connectivity index (χ2v) is 14.9. The van der Waals surface area contributed by atoms with E-state index in [0.717, 1.165) is 61.3 Å². The van der Waals surface area contributed by atoms with Crippen molar-refractivity contribution in [1.29, 1.82) is 0 Å². The molecule has 0 spiro atoms. The number of ether oxygens (including phenoxy) is 1. The molecule has 16 heteroatoms. The molecule has 0 unspecified atom stereocenters. The number of hydrogen-bond acceptors (Lipinski definition) is 7. The van der Waals surface area contributed by atoms with Gasteiger partial charge in [0.25, 0.3) is 15.9 Å². The van der Waals surface area contributed by atoms with E-state index < -0.39 is 61.0 Å². The first kappa shape index (κ1) is 38.4. The first-order valence-electron chi connectivity index (χ1n) is 16.4. The molecule has 5 rings (SSSR count). The number of carbonyl (C=O) groups is 2. The minimum absolute atomic E-state index is 0.146. The molecular formula is C35H37ClF5N3O6S. The Morgan fingerprint density at radius 1 is 0.882 bits per heavy atom. The van der Waals surface area contributed by atoms with Crippen molar-refractivity contribution in [3.63, 3.8) is 0 Å². The average molecular weight is 758 g/mol. The number of sulfonamides is 1. The van der Waals surface area contributed by atoms with Gasteiger partial charge in [0.1, 0.15) is 5.75 Å². The summed E-state index contributed by atoms with van der Waals surface area (Å²) in [6, 6.07) is 11.1. The molecule has 9 nitrogen and oxygen atoms in total. The van der Waals surface area contributed by atoms with Gasteiger partial charge in [0.2, 0.25) is 6.04 Å². The molecule has 1 aliphatic carbocycles. The number of piperidine rings is 1. The molecule has 0 radical (unpaired) electrons. The van der Waals surface area contributed by atoms with Crippen molar-refractivity contribution in [2.75, 3.05) is 19.7 Å². The molecule has 0 bridgehead atoms. The number of nitrogens with two attached hydrogens (primary N) is 1. The summed E-state index contributed by atoms with van der Waals surface area (Å²) in [5.74, 6) is -8.77. The van der Waals surface area contributed by atoms with Crippen molar-refractivity contribution in [1.82, 2.24) is 9.37 Å². The van der Waals surface area contributed by atoms with E-state index in [1.165, 1.54) is 48.5 Å². The van der Waals surface area contributed by atoms with Crippen LogP contribution in [0.4, 0.5) is 22.0 Å². The van der Waals surface area contributed by atoms with E-state index in [2.05, 4.69) is 4.84 Å². The van der Waals surface area contributed by atoms with Gasteiger partial charge in [-0.15, -0.1) is 0 Å². The summed E-state index contributed by atoms with van der Waals surface area (Å²) in [4.78, 5) is 30.6. The van der Waals surface area contributed by atoms with Crippen molar-refractivity contribution in [2.45, 2.75) is 74.0 Å². The molecule has 3 aromatic carbocycles. The van der Waals surface area contributed by atoms with Gasteiger partial charge >= 0.3 is 18.1 Å². The fourth-order valence-electron chi connectivity index (χ4n) is 6.13.